The number of carboxylic acid groups (broad SMARTS) is 2. The van der Waals surface area contributed by atoms with Gasteiger partial charge in [-0.25, -0.2) is 9.59 Å². The number of hydrogen-bond acceptors (Lipinski definition) is 8. The molecule has 0 saturated carbocycles. The van der Waals surface area contributed by atoms with Gasteiger partial charge in [0.05, 0.1) is 28.4 Å². The molecule has 186 valence electrons. The van der Waals surface area contributed by atoms with Crippen molar-refractivity contribution in [3.63, 3.8) is 0 Å². The molecule has 10 heteroatoms. The van der Waals surface area contributed by atoms with Crippen molar-refractivity contribution < 1.29 is 38.7 Å². The molecule has 1 aliphatic rings. The predicted octanol–water partition coefficient (Wildman–Crippen LogP) is 2.19. The van der Waals surface area contributed by atoms with Crippen LogP contribution in [-0.4, -0.2) is 86.6 Å². The molecular formula is C24H32N2O8. The van der Waals surface area contributed by atoms with E-state index in [9.17, 15) is 0 Å². The van der Waals surface area contributed by atoms with Gasteiger partial charge in [0, 0.05) is 39.3 Å². The van der Waals surface area contributed by atoms with Crippen molar-refractivity contribution in [1.82, 2.24) is 9.80 Å². The number of benzene rings is 2. The van der Waals surface area contributed by atoms with Gasteiger partial charge in [-0.15, -0.1) is 0 Å². The van der Waals surface area contributed by atoms with E-state index in [4.69, 9.17) is 38.7 Å². The molecule has 34 heavy (non-hydrogen) atoms. The molecular weight excluding hydrogens is 444 g/mol. The SMILES string of the molecule is COc1ccc(CN2CCN(Cc3cc(OC)c(OC)c(OC)c3)CC2)cc1.O=C(O)C(=O)O. The Hall–Kier alpha value is -3.50. The van der Waals surface area contributed by atoms with Crippen molar-refractivity contribution in [1.29, 1.82) is 0 Å². The number of rotatable bonds is 8. The zero-order valence-corrected chi connectivity index (χ0v) is 19.9. The molecule has 1 fully saturated rings. The van der Waals surface area contributed by atoms with Gasteiger partial charge in [-0.1, -0.05) is 12.1 Å². The Morgan fingerprint density at radius 1 is 0.706 bits per heavy atom. The second kappa shape index (κ2) is 13.3. The topological polar surface area (TPSA) is 118 Å². The maximum atomic E-state index is 9.10. The number of carboxylic acids is 2. The Morgan fingerprint density at radius 3 is 1.50 bits per heavy atom. The molecule has 1 aliphatic heterocycles. The van der Waals surface area contributed by atoms with Gasteiger partial charge < -0.3 is 29.2 Å². The first kappa shape index (κ1) is 26.7. The van der Waals surface area contributed by atoms with Crippen molar-refractivity contribution in [2.75, 3.05) is 54.6 Å². The first-order valence-electron chi connectivity index (χ1n) is 10.6. The number of carbonyl (C=O) groups is 2. The predicted molar refractivity (Wildman–Crippen MR) is 125 cm³/mol. The van der Waals surface area contributed by atoms with Crippen LogP contribution < -0.4 is 18.9 Å². The van der Waals surface area contributed by atoms with Crippen molar-refractivity contribution in [3.8, 4) is 23.0 Å². The summed E-state index contributed by atoms with van der Waals surface area (Å²) < 4.78 is 21.6. The monoisotopic (exact) mass is 476 g/mol. The molecule has 10 nitrogen and oxygen atoms in total. The highest BCUT2D eigenvalue weighted by molar-refractivity contribution is 6.27. The highest BCUT2D eigenvalue weighted by atomic mass is 16.5. The van der Waals surface area contributed by atoms with Gasteiger partial charge in [-0.2, -0.15) is 0 Å². The maximum absolute atomic E-state index is 9.10. The van der Waals surface area contributed by atoms with Crippen LogP contribution in [0, 0.1) is 0 Å². The number of aliphatic carboxylic acids is 2. The van der Waals surface area contributed by atoms with Crippen LogP contribution in [0.25, 0.3) is 0 Å². The van der Waals surface area contributed by atoms with Crippen LogP contribution in [0.1, 0.15) is 11.1 Å². The summed E-state index contributed by atoms with van der Waals surface area (Å²) in [5, 5.41) is 14.8. The van der Waals surface area contributed by atoms with Gasteiger partial charge in [0.15, 0.2) is 11.5 Å². The summed E-state index contributed by atoms with van der Waals surface area (Å²) in [6.07, 6.45) is 0. The smallest absolute Gasteiger partial charge is 0.414 e. The maximum Gasteiger partial charge on any atom is 0.414 e. The van der Waals surface area contributed by atoms with E-state index in [1.165, 1.54) is 5.56 Å². The van der Waals surface area contributed by atoms with Gasteiger partial charge >= 0.3 is 11.9 Å². The van der Waals surface area contributed by atoms with E-state index in [0.717, 1.165) is 50.6 Å². The Bertz CT molecular complexity index is 903. The summed E-state index contributed by atoms with van der Waals surface area (Å²) in [6, 6.07) is 12.4. The number of piperazine rings is 1. The molecule has 0 aliphatic carbocycles. The van der Waals surface area contributed by atoms with Gasteiger partial charge in [-0.3, -0.25) is 9.80 Å². The molecule has 1 saturated heterocycles. The fraction of sp³-hybridized carbons (Fsp3) is 0.417. The van der Waals surface area contributed by atoms with E-state index in [1.54, 1.807) is 28.4 Å². The second-order valence-corrected chi connectivity index (χ2v) is 7.54. The minimum atomic E-state index is -1.82. The minimum absolute atomic E-state index is 0.637. The summed E-state index contributed by atoms with van der Waals surface area (Å²) >= 11 is 0. The Morgan fingerprint density at radius 2 is 1.15 bits per heavy atom. The molecule has 2 N–H and O–H groups in total. The Balaban J connectivity index is 0.000000604. The van der Waals surface area contributed by atoms with Crippen LogP contribution in [-0.2, 0) is 22.7 Å². The van der Waals surface area contributed by atoms with E-state index >= 15 is 0 Å². The number of methoxy groups -OCH3 is 4. The fourth-order valence-electron chi connectivity index (χ4n) is 3.58. The lowest BCUT2D eigenvalue weighted by Gasteiger charge is -2.35. The fourth-order valence-corrected chi connectivity index (χ4v) is 3.58. The van der Waals surface area contributed by atoms with E-state index in [0.29, 0.717) is 17.2 Å². The average Bonchev–Trinajstić information content (AvgIpc) is 2.85. The van der Waals surface area contributed by atoms with Crippen LogP contribution in [0.15, 0.2) is 36.4 Å². The summed E-state index contributed by atoms with van der Waals surface area (Å²) in [4.78, 5) is 23.2. The molecule has 0 aromatic heterocycles. The molecule has 3 rings (SSSR count). The Kier molecular flexibility index (Phi) is 10.4. The minimum Gasteiger partial charge on any atom is -0.497 e. The molecule has 1 heterocycles. The van der Waals surface area contributed by atoms with Gasteiger partial charge in [0.1, 0.15) is 5.75 Å². The third-order valence-corrected chi connectivity index (χ3v) is 5.34. The van der Waals surface area contributed by atoms with Crippen LogP contribution in [0.2, 0.25) is 0 Å². The van der Waals surface area contributed by atoms with Crippen LogP contribution in [0.3, 0.4) is 0 Å². The summed E-state index contributed by atoms with van der Waals surface area (Å²) in [5.74, 6) is -0.702. The molecule has 0 bridgehead atoms. The number of nitrogens with zero attached hydrogens (tertiary/aromatic N) is 2. The normalized spacial score (nSPS) is 13.9. The largest absolute Gasteiger partial charge is 0.497 e. The van der Waals surface area contributed by atoms with Crippen molar-refractivity contribution in [2.45, 2.75) is 13.1 Å². The highest BCUT2D eigenvalue weighted by Gasteiger charge is 2.19. The highest BCUT2D eigenvalue weighted by Crippen LogP contribution is 2.38. The number of ether oxygens (including phenoxy) is 4. The van der Waals surface area contributed by atoms with Gasteiger partial charge in [0.2, 0.25) is 5.75 Å². The quantitative estimate of drug-likeness (QED) is 0.549. The van der Waals surface area contributed by atoms with Crippen LogP contribution in [0.5, 0.6) is 23.0 Å². The second-order valence-electron chi connectivity index (χ2n) is 7.54. The van der Waals surface area contributed by atoms with Crippen LogP contribution in [0.4, 0.5) is 0 Å². The lowest BCUT2D eigenvalue weighted by atomic mass is 10.1. The lowest BCUT2D eigenvalue weighted by Crippen LogP contribution is -2.45. The van der Waals surface area contributed by atoms with Crippen molar-refractivity contribution in [3.05, 3.63) is 47.5 Å². The molecule has 0 atom stereocenters. The first-order chi connectivity index (χ1) is 16.3. The third-order valence-electron chi connectivity index (χ3n) is 5.34. The summed E-state index contributed by atoms with van der Waals surface area (Å²) in [6.45, 7) is 6.02. The van der Waals surface area contributed by atoms with E-state index in [-0.39, 0.29) is 0 Å². The third kappa shape index (κ3) is 7.82. The molecule has 0 radical (unpaired) electrons. The molecule has 2 aromatic rings. The van der Waals surface area contributed by atoms with Crippen molar-refractivity contribution >= 4 is 11.9 Å². The summed E-state index contributed by atoms with van der Waals surface area (Å²) in [5.41, 5.74) is 2.48. The standard InChI is InChI=1S/C22H30N2O4.C2H2O4/c1-25-19-7-5-17(6-8-19)15-23-9-11-24(12-10-23)16-18-13-20(26-2)22(28-4)21(14-18)27-3;3-1(4)2(5)6/h5-8,13-14H,9-12,15-16H2,1-4H3;(H,3,4)(H,5,6). The number of hydrogen-bond donors (Lipinski definition) is 2. The van der Waals surface area contributed by atoms with Gasteiger partial charge in [-0.05, 0) is 35.4 Å². The molecule has 0 amide bonds. The average molecular weight is 477 g/mol. The Labute approximate surface area is 199 Å². The molecule has 0 unspecified atom stereocenters. The van der Waals surface area contributed by atoms with E-state index in [1.807, 2.05) is 24.3 Å². The van der Waals surface area contributed by atoms with Crippen LogP contribution >= 0.6 is 0 Å². The first-order valence-corrected chi connectivity index (χ1v) is 10.6. The molecule has 0 spiro atoms. The van der Waals surface area contributed by atoms with Crippen molar-refractivity contribution in [2.24, 2.45) is 0 Å². The molecule has 2 aromatic carbocycles. The van der Waals surface area contributed by atoms with Gasteiger partial charge in [0.25, 0.3) is 0 Å². The van der Waals surface area contributed by atoms with E-state index in [2.05, 4.69) is 21.9 Å². The van der Waals surface area contributed by atoms with E-state index < -0.39 is 11.9 Å². The zero-order chi connectivity index (χ0) is 25.1. The lowest BCUT2D eigenvalue weighted by molar-refractivity contribution is -0.159. The summed E-state index contributed by atoms with van der Waals surface area (Å²) in [7, 11) is 6.63. The zero-order valence-electron chi connectivity index (χ0n) is 19.9.